The van der Waals surface area contributed by atoms with E-state index in [1.807, 2.05) is 13.2 Å². The molecule has 2 aromatic rings. The molecule has 0 unspecified atom stereocenters. The first-order chi connectivity index (χ1) is 13.5. The van der Waals surface area contributed by atoms with E-state index in [1.165, 1.54) is 18.2 Å². The number of hydrogen-bond acceptors (Lipinski definition) is 3. The van der Waals surface area contributed by atoms with Crippen LogP contribution in [0.25, 0.3) is 0 Å². The molecule has 29 heavy (non-hydrogen) atoms. The molecule has 0 radical (unpaired) electrons. The Morgan fingerprint density at radius 1 is 1.28 bits per heavy atom. The third-order valence-corrected chi connectivity index (χ3v) is 6.36. The van der Waals surface area contributed by atoms with Gasteiger partial charge >= 0.3 is 0 Å². The molecule has 4 rings (SSSR count). The molecule has 158 valence electrons. The largest absolute Gasteiger partial charge is 0.355 e. The highest BCUT2D eigenvalue weighted by Gasteiger charge is 2.41. The Balaban J connectivity index is 0.00000240. The normalized spacial score (nSPS) is 23.0. The molecule has 1 aliphatic heterocycles. The smallest absolute Gasteiger partial charge is 0.225 e. The Morgan fingerprint density at radius 3 is 2.59 bits per heavy atom. The molecule has 1 saturated heterocycles. The summed E-state index contributed by atoms with van der Waals surface area (Å²) in [5, 5.41) is 10.5. The zero-order chi connectivity index (χ0) is 19.7. The van der Waals surface area contributed by atoms with Gasteiger partial charge < -0.3 is 10.6 Å². The molecule has 2 aliphatic rings. The van der Waals surface area contributed by atoms with E-state index in [1.54, 1.807) is 10.9 Å². The minimum Gasteiger partial charge on any atom is -0.355 e. The van der Waals surface area contributed by atoms with Crippen molar-refractivity contribution in [3.8, 4) is 0 Å². The fourth-order valence-corrected chi connectivity index (χ4v) is 4.89. The minimum absolute atomic E-state index is 0. The van der Waals surface area contributed by atoms with E-state index in [0.29, 0.717) is 19.4 Å². The number of hydrogen-bond donors (Lipinski definition) is 2. The van der Waals surface area contributed by atoms with Crippen LogP contribution in [-0.2, 0) is 17.3 Å². The van der Waals surface area contributed by atoms with Crippen molar-refractivity contribution in [2.75, 3.05) is 19.6 Å². The third kappa shape index (κ3) is 4.16. The number of aromatic nitrogens is 2. The van der Waals surface area contributed by atoms with E-state index in [4.69, 9.17) is 0 Å². The molecular weight excluding hydrogens is 398 g/mol. The van der Waals surface area contributed by atoms with Gasteiger partial charge in [-0.1, -0.05) is 18.9 Å². The quantitative estimate of drug-likeness (QED) is 0.775. The van der Waals surface area contributed by atoms with Gasteiger partial charge in [0.1, 0.15) is 11.6 Å². The summed E-state index contributed by atoms with van der Waals surface area (Å²) in [6.45, 7) is 1.57. The molecule has 2 atom stereocenters. The second-order valence-electron chi connectivity index (χ2n) is 8.12. The van der Waals surface area contributed by atoms with Crippen LogP contribution < -0.4 is 10.6 Å². The number of nitrogens with one attached hydrogen (secondary N) is 2. The first kappa shape index (κ1) is 21.7. The molecule has 8 heteroatoms. The second-order valence-corrected chi connectivity index (χ2v) is 8.12. The lowest BCUT2D eigenvalue weighted by molar-refractivity contribution is -0.125. The average Bonchev–Trinajstić information content (AvgIpc) is 3.40. The number of carbonyl (C=O) groups is 1. The van der Waals surface area contributed by atoms with Crippen molar-refractivity contribution in [1.29, 1.82) is 0 Å². The second kappa shape index (κ2) is 8.79. The Labute approximate surface area is 175 Å². The molecule has 1 amide bonds. The molecular formula is C21H27ClF2N4O. The molecule has 1 saturated carbocycles. The Morgan fingerprint density at radius 2 is 1.97 bits per heavy atom. The summed E-state index contributed by atoms with van der Waals surface area (Å²) in [7, 11) is 1.85. The number of benzene rings is 1. The highest BCUT2D eigenvalue weighted by Crippen LogP contribution is 2.43. The van der Waals surface area contributed by atoms with E-state index >= 15 is 0 Å². The van der Waals surface area contributed by atoms with Gasteiger partial charge in [-0.3, -0.25) is 9.48 Å². The maximum atomic E-state index is 14.5. The van der Waals surface area contributed by atoms with Crippen LogP contribution in [0.1, 0.15) is 42.7 Å². The fourth-order valence-electron chi connectivity index (χ4n) is 4.89. The van der Waals surface area contributed by atoms with Crippen molar-refractivity contribution in [3.05, 3.63) is 53.4 Å². The van der Waals surface area contributed by atoms with Crippen molar-refractivity contribution in [2.24, 2.45) is 13.0 Å². The number of aryl methyl sites for hydroxylation is 1. The minimum atomic E-state index is -0.666. The van der Waals surface area contributed by atoms with Gasteiger partial charge in [-0.2, -0.15) is 5.10 Å². The molecule has 1 aromatic carbocycles. The summed E-state index contributed by atoms with van der Waals surface area (Å²) >= 11 is 0. The summed E-state index contributed by atoms with van der Waals surface area (Å²) in [6, 6.07) is 4.00. The Hall–Kier alpha value is -1.99. The zero-order valence-electron chi connectivity index (χ0n) is 16.5. The van der Waals surface area contributed by atoms with E-state index in [9.17, 15) is 13.6 Å². The van der Waals surface area contributed by atoms with Crippen LogP contribution in [0.3, 0.4) is 0 Å². The number of rotatable bonds is 5. The zero-order valence-corrected chi connectivity index (χ0v) is 17.3. The fraction of sp³-hybridized carbons (Fsp3) is 0.524. The summed E-state index contributed by atoms with van der Waals surface area (Å²) in [6.07, 6.45) is 6.91. The van der Waals surface area contributed by atoms with Crippen LogP contribution in [0, 0.1) is 17.6 Å². The molecule has 0 spiro atoms. The topological polar surface area (TPSA) is 59.0 Å². The van der Waals surface area contributed by atoms with E-state index < -0.39 is 17.0 Å². The summed E-state index contributed by atoms with van der Waals surface area (Å²) in [5.41, 5.74) is 0.491. The van der Waals surface area contributed by atoms with Crippen molar-refractivity contribution < 1.29 is 13.6 Å². The van der Waals surface area contributed by atoms with Gasteiger partial charge in [0.25, 0.3) is 0 Å². The maximum Gasteiger partial charge on any atom is 0.225 e. The number of nitrogens with zero attached hydrogens (tertiary/aromatic N) is 2. The average molecular weight is 425 g/mol. The van der Waals surface area contributed by atoms with Crippen molar-refractivity contribution >= 4 is 18.3 Å². The number of amides is 1. The molecule has 2 N–H and O–H groups in total. The number of carbonyl (C=O) groups excluding carboxylic acids is 1. The molecule has 0 bridgehead atoms. The van der Waals surface area contributed by atoms with Gasteiger partial charge in [-0.25, -0.2) is 8.78 Å². The predicted octanol–water partition coefficient (Wildman–Crippen LogP) is 3.05. The molecule has 1 aromatic heterocycles. The van der Waals surface area contributed by atoms with Gasteiger partial charge in [0, 0.05) is 49.8 Å². The lowest BCUT2D eigenvalue weighted by Gasteiger charge is -2.31. The van der Waals surface area contributed by atoms with Crippen molar-refractivity contribution in [2.45, 2.75) is 37.0 Å². The standard InChI is InChI=1S/C21H26F2N4O.ClH/c1-27-12-14(9-26-27)15-10-24-11-16(15)20(28)25-13-21(7-2-3-8-21)19-17(22)5-4-6-18(19)23;/h4-6,9,12,15-16,24H,2-3,7-8,10-11,13H2,1H3,(H,25,28);1H/t15-,16+;/m1./s1. The van der Waals surface area contributed by atoms with E-state index in [2.05, 4.69) is 15.7 Å². The van der Waals surface area contributed by atoms with Crippen LogP contribution in [-0.4, -0.2) is 35.3 Å². The SMILES string of the molecule is Cl.Cn1cc([C@H]2CNC[C@@H]2C(=O)NCC2(c3c(F)cccc3F)CCCC2)cn1. The highest BCUT2D eigenvalue weighted by molar-refractivity contribution is 5.85. The maximum absolute atomic E-state index is 14.5. The van der Waals surface area contributed by atoms with Gasteiger partial charge in [0.05, 0.1) is 12.1 Å². The van der Waals surface area contributed by atoms with Crippen LogP contribution in [0.4, 0.5) is 8.78 Å². The van der Waals surface area contributed by atoms with Crippen LogP contribution in [0.2, 0.25) is 0 Å². The first-order valence-electron chi connectivity index (χ1n) is 9.92. The monoisotopic (exact) mass is 424 g/mol. The van der Waals surface area contributed by atoms with Crippen molar-refractivity contribution in [1.82, 2.24) is 20.4 Å². The van der Waals surface area contributed by atoms with Gasteiger partial charge in [-0.15, -0.1) is 12.4 Å². The molecule has 2 heterocycles. The molecule has 5 nitrogen and oxygen atoms in total. The highest BCUT2D eigenvalue weighted by atomic mass is 35.5. The van der Waals surface area contributed by atoms with Gasteiger partial charge in [0.15, 0.2) is 0 Å². The van der Waals surface area contributed by atoms with Crippen molar-refractivity contribution in [3.63, 3.8) is 0 Å². The molecule has 2 fully saturated rings. The van der Waals surface area contributed by atoms with Crippen LogP contribution >= 0.6 is 12.4 Å². The van der Waals surface area contributed by atoms with E-state index in [-0.39, 0.29) is 42.3 Å². The van der Waals surface area contributed by atoms with Crippen LogP contribution in [0.5, 0.6) is 0 Å². The van der Waals surface area contributed by atoms with Crippen LogP contribution in [0.15, 0.2) is 30.6 Å². The first-order valence-corrected chi connectivity index (χ1v) is 9.92. The van der Waals surface area contributed by atoms with E-state index in [0.717, 1.165) is 24.9 Å². The Kier molecular flexibility index (Phi) is 6.58. The van der Waals surface area contributed by atoms with Gasteiger partial charge in [0.2, 0.25) is 5.91 Å². The number of halogens is 3. The summed E-state index contributed by atoms with van der Waals surface area (Å²) in [4.78, 5) is 13.0. The lowest BCUT2D eigenvalue weighted by Crippen LogP contribution is -2.43. The third-order valence-electron chi connectivity index (χ3n) is 6.36. The van der Waals surface area contributed by atoms with Gasteiger partial charge in [-0.05, 0) is 30.5 Å². The lowest BCUT2D eigenvalue weighted by atomic mass is 9.78. The Bertz CT molecular complexity index is 846. The summed E-state index contributed by atoms with van der Waals surface area (Å²) < 4.78 is 30.7. The summed E-state index contributed by atoms with van der Waals surface area (Å²) in [5.74, 6) is -1.27. The molecule has 1 aliphatic carbocycles. The predicted molar refractivity (Wildman–Crippen MR) is 109 cm³/mol.